The number of carbonyl (C=O) groups is 1. The lowest BCUT2D eigenvalue weighted by atomic mass is 10.0. The van der Waals surface area contributed by atoms with E-state index in [2.05, 4.69) is 12.2 Å². The first kappa shape index (κ1) is 34.6. The van der Waals surface area contributed by atoms with Crippen LogP contribution in [-0.2, 0) is 9.09 Å². The van der Waals surface area contributed by atoms with Gasteiger partial charge in [0.15, 0.2) is 5.78 Å². The summed E-state index contributed by atoms with van der Waals surface area (Å²) in [5.74, 6) is 0.00453. The highest BCUT2D eigenvalue weighted by molar-refractivity contribution is 7.44. The standard InChI is InChI=1S/C29H53N2O6P/c1-6-7-8-9-10-11-12-13-14-15-16-17-18-19-22-30-26-20-21-28(27(23-26)25(2)32)36-29(24-31(3,4)5)37-38(33,34)35/h20-21,23,29-30H,6-19,22,24H2,1-5H3,(H-,33,34,35). The number of nitrogens with one attached hydrogen (secondary N) is 1. The number of unbranched alkanes of at least 4 members (excludes halogenated alkanes) is 13. The molecule has 0 spiro atoms. The molecule has 38 heavy (non-hydrogen) atoms. The van der Waals surface area contributed by atoms with Crippen LogP contribution in [0.5, 0.6) is 5.75 Å². The maximum absolute atomic E-state index is 12.3. The minimum atomic E-state index is -5.02. The Labute approximate surface area is 231 Å². The molecule has 0 fully saturated rings. The first-order chi connectivity index (χ1) is 17.9. The molecule has 9 heteroatoms. The lowest BCUT2D eigenvalue weighted by Gasteiger charge is -2.31. The molecule has 220 valence electrons. The van der Waals surface area contributed by atoms with Crippen LogP contribution >= 0.6 is 7.82 Å². The molecule has 0 aliphatic rings. The number of benzene rings is 1. The zero-order valence-electron chi connectivity index (χ0n) is 24.5. The third-order valence-corrected chi connectivity index (χ3v) is 6.93. The van der Waals surface area contributed by atoms with Crippen molar-refractivity contribution in [2.45, 2.75) is 110 Å². The topological polar surface area (TPSA) is 108 Å². The number of phosphoric ester groups is 1. The predicted octanol–water partition coefficient (Wildman–Crippen LogP) is 6.67. The minimum Gasteiger partial charge on any atom is -0.756 e. The van der Waals surface area contributed by atoms with E-state index in [1.54, 1.807) is 18.2 Å². The van der Waals surface area contributed by atoms with Crippen molar-refractivity contribution in [3.63, 3.8) is 0 Å². The van der Waals surface area contributed by atoms with E-state index in [9.17, 15) is 14.3 Å². The van der Waals surface area contributed by atoms with Crippen molar-refractivity contribution >= 4 is 19.3 Å². The summed E-state index contributed by atoms with van der Waals surface area (Å²) in [5.41, 5.74) is 1.13. The highest BCUT2D eigenvalue weighted by Crippen LogP contribution is 2.34. The first-order valence-electron chi connectivity index (χ1n) is 14.5. The molecular weight excluding hydrogens is 503 g/mol. The maximum atomic E-state index is 12.3. The van der Waals surface area contributed by atoms with Gasteiger partial charge in [0, 0.05) is 12.2 Å². The molecule has 1 rings (SSSR count). The van der Waals surface area contributed by atoms with Crippen LogP contribution in [0, 0.1) is 0 Å². The number of anilines is 1. The Balaban J connectivity index is 2.37. The fraction of sp³-hybridized carbons (Fsp3) is 0.759. The van der Waals surface area contributed by atoms with Crippen molar-refractivity contribution in [1.82, 2.24) is 0 Å². The summed E-state index contributed by atoms with van der Waals surface area (Å²) in [4.78, 5) is 32.7. The smallest absolute Gasteiger partial charge is 0.268 e. The van der Waals surface area contributed by atoms with E-state index in [-0.39, 0.29) is 18.1 Å². The molecule has 0 saturated heterocycles. The Morgan fingerprint density at radius 2 is 1.45 bits per heavy atom. The van der Waals surface area contributed by atoms with Crippen molar-refractivity contribution in [2.24, 2.45) is 0 Å². The third kappa shape index (κ3) is 18.0. The number of hydrogen-bond acceptors (Lipinski definition) is 6. The quantitative estimate of drug-likeness (QED) is 0.0509. The number of Topliss-reactive ketones (excluding diaryl/α,β-unsaturated/α-hetero) is 1. The zero-order chi connectivity index (χ0) is 28.4. The zero-order valence-corrected chi connectivity index (χ0v) is 25.4. The van der Waals surface area contributed by atoms with Crippen LogP contribution in [0.15, 0.2) is 18.2 Å². The summed E-state index contributed by atoms with van der Waals surface area (Å²) in [7, 11) is 0.493. The molecule has 0 radical (unpaired) electrons. The molecule has 1 aromatic rings. The summed E-state index contributed by atoms with van der Waals surface area (Å²) in [6.45, 7) is 4.65. The molecule has 0 amide bonds. The van der Waals surface area contributed by atoms with Crippen molar-refractivity contribution in [3.8, 4) is 5.75 Å². The highest BCUT2D eigenvalue weighted by atomic mass is 31.2. The summed E-state index contributed by atoms with van der Waals surface area (Å²) in [5, 5.41) is 3.36. The second-order valence-electron chi connectivity index (χ2n) is 11.4. The van der Waals surface area contributed by atoms with E-state index in [0.29, 0.717) is 10.0 Å². The van der Waals surface area contributed by atoms with Gasteiger partial charge in [-0.05, 0) is 31.5 Å². The minimum absolute atomic E-state index is 0.142. The average Bonchev–Trinajstić information content (AvgIpc) is 2.80. The molecule has 0 aliphatic carbocycles. The number of quaternary nitrogens is 1. The number of likely N-dealkylation sites (N-methyl/N-ethyl adjacent to an activating group) is 1. The van der Waals surface area contributed by atoms with E-state index < -0.39 is 14.1 Å². The molecule has 0 bridgehead atoms. The number of phosphoric acid groups is 1. The van der Waals surface area contributed by atoms with Crippen LogP contribution in [0.1, 0.15) is 114 Å². The Kier molecular flexibility index (Phi) is 17.1. The van der Waals surface area contributed by atoms with Crippen molar-refractivity contribution < 1.29 is 32.9 Å². The second kappa shape index (κ2) is 18.8. The fourth-order valence-corrected chi connectivity index (χ4v) is 4.81. The Hall–Kier alpha value is -1.44. The largest absolute Gasteiger partial charge is 0.756 e. The number of ketones is 1. The number of carbonyl (C=O) groups excluding carboxylic acids is 1. The lowest BCUT2D eigenvalue weighted by Crippen LogP contribution is -2.44. The van der Waals surface area contributed by atoms with Crippen LogP contribution in [0.3, 0.4) is 0 Å². The number of ether oxygens (including phenoxy) is 1. The van der Waals surface area contributed by atoms with Gasteiger partial charge in [-0.15, -0.1) is 0 Å². The van der Waals surface area contributed by atoms with E-state index in [0.717, 1.165) is 18.7 Å². The summed E-state index contributed by atoms with van der Waals surface area (Å²) < 4.78 is 22.1. The van der Waals surface area contributed by atoms with Crippen molar-refractivity contribution in [1.29, 1.82) is 0 Å². The van der Waals surface area contributed by atoms with E-state index in [1.165, 1.54) is 90.4 Å². The van der Waals surface area contributed by atoms with Gasteiger partial charge in [0.05, 0.1) is 26.7 Å². The van der Waals surface area contributed by atoms with Gasteiger partial charge in [-0.1, -0.05) is 90.4 Å². The molecule has 1 aromatic carbocycles. The van der Waals surface area contributed by atoms with Crippen LogP contribution in [0.25, 0.3) is 0 Å². The monoisotopic (exact) mass is 556 g/mol. The van der Waals surface area contributed by atoms with Gasteiger partial charge in [-0.25, -0.2) is 0 Å². The molecule has 2 unspecified atom stereocenters. The molecule has 0 aromatic heterocycles. The van der Waals surface area contributed by atoms with Crippen LogP contribution < -0.4 is 14.9 Å². The first-order valence-corrected chi connectivity index (χ1v) is 16.0. The van der Waals surface area contributed by atoms with Crippen LogP contribution in [-0.4, -0.2) is 55.7 Å². The molecule has 0 aliphatic heterocycles. The van der Waals surface area contributed by atoms with Crippen molar-refractivity contribution in [2.75, 3.05) is 39.5 Å². The SMILES string of the molecule is CCCCCCCCCCCCCCCCNc1ccc(OC(C[N+](C)(C)C)OP(=O)([O-])O)c(C(C)=O)c1. The summed E-state index contributed by atoms with van der Waals surface area (Å²) in [6.07, 6.45) is 17.2. The molecule has 2 atom stereocenters. The summed E-state index contributed by atoms with van der Waals surface area (Å²) in [6, 6.07) is 5.13. The summed E-state index contributed by atoms with van der Waals surface area (Å²) >= 11 is 0. The van der Waals surface area contributed by atoms with E-state index in [1.807, 2.05) is 21.1 Å². The van der Waals surface area contributed by atoms with Crippen molar-refractivity contribution in [3.05, 3.63) is 23.8 Å². The number of hydrogen-bond donors (Lipinski definition) is 2. The maximum Gasteiger partial charge on any atom is 0.268 e. The molecule has 0 saturated carbocycles. The second-order valence-corrected chi connectivity index (χ2v) is 12.5. The Bertz CT molecular complexity index is 837. The van der Waals surface area contributed by atoms with Gasteiger partial charge in [0.25, 0.3) is 14.1 Å². The third-order valence-electron chi connectivity index (χ3n) is 6.42. The van der Waals surface area contributed by atoms with Gasteiger partial charge >= 0.3 is 0 Å². The fourth-order valence-electron chi connectivity index (χ4n) is 4.40. The van der Waals surface area contributed by atoms with E-state index in [4.69, 9.17) is 14.2 Å². The number of nitrogens with zero attached hydrogens (tertiary/aromatic N) is 1. The lowest BCUT2D eigenvalue weighted by molar-refractivity contribution is -0.875. The molecule has 2 N–H and O–H groups in total. The van der Waals surface area contributed by atoms with Crippen LogP contribution in [0.2, 0.25) is 0 Å². The van der Waals surface area contributed by atoms with Gasteiger partial charge in [-0.3, -0.25) is 13.9 Å². The average molecular weight is 557 g/mol. The normalized spacial score (nSPS) is 14.2. The molecule has 8 nitrogen and oxygen atoms in total. The predicted molar refractivity (Wildman–Crippen MR) is 153 cm³/mol. The Morgan fingerprint density at radius 3 is 1.89 bits per heavy atom. The molecule has 0 heterocycles. The highest BCUT2D eigenvalue weighted by Gasteiger charge is 2.26. The van der Waals surface area contributed by atoms with E-state index >= 15 is 0 Å². The molecular formula is C29H53N2O6P. The van der Waals surface area contributed by atoms with Gasteiger partial charge in [0.2, 0.25) is 0 Å². The van der Waals surface area contributed by atoms with Crippen LogP contribution in [0.4, 0.5) is 5.69 Å². The van der Waals surface area contributed by atoms with Gasteiger partial charge in [0.1, 0.15) is 12.3 Å². The van der Waals surface area contributed by atoms with Gasteiger partial charge in [-0.2, -0.15) is 0 Å². The van der Waals surface area contributed by atoms with Gasteiger partial charge < -0.3 is 24.3 Å². The number of rotatable bonds is 23. The Morgan fingerprint density at radius 1 is 0.947 bits per heavy atom.